The lowest BCUT2D eigenvalue weighted by Crippen LogP contribution is -2.61. The van der Waals surface area contributed by atoms with E-state index in [0.29, 0.717) is 13.0 Å². The minimum Gasteiger partial charge on any atom is -0.378 e. The SMILES string of the molecule is CC(O)(CNC(=O)C(F)(F)C(F)(F)C(F)(F)F)C(=O)Nc1ccc(C#N)c(C(F)(F)F)c1. The van der Waals surface area contributed by atoms with Gasteiger partial charge in [0.2, 0.25) is 0 Å². The van der Waals surface area contributed by atoms with Crippen molar-refractivity contribution < 1.29 is 58.6 Å². The molecule has 32 heavy (non-hydrogen) atoms. The maximum absolute atomic E-state index is 13.2. The lowest BCUT2D eigenvalue weighted by molar-refractivity contribution is -0.344. The summed E-state index contributed by atoms with van der Waals surface area (Å²) in [5, 5.41) is 21.1. The number of hydrogen-bond acceptors (Lipinski definition) is 4. The molecule has 1 rings (SSSR count). The molecule has 1 aromatic rings. The van der Waals surface area contributed by atoms with Gasteiger partial charge in [-0.3, -0.25) is 9.59 Å². The maximum atomic E-state index is 13.2. The average molecular weight is 483 g/mol. The fourth-order valence-electron chi connectivity index (χ4n) is 1.98. The smallest absolute Gasteiger partial charge is 0.378 e. The van der Waals surface area contributed by atoms with Gasteiger partial charge in [-0.15, -0.1) is 0 Å². The van der Waals surface area contributed by atoms with E-state index < -0.39 is 65.0 Å². The quantitative estimate of drug-likeness (QED) is 0.541. The molecule has 0 aliphatic rings. The molecule has 6 nitrogen and oxygen atoms in total. The highest BCUT2D eigenvalue weighted by Gasteiger charge is 2.76. The molecule has 0 saturated carbocycles. The van der Waals surface area contributed by atoms with Gasteiger partial charge >= 0.3 is 24.2 Å². The van der Waals surface area contributed by atoms with Crippen LogP contribution in [0.5, 0.6) is 0 Å². The molecule has 1 aromatic carbocycles. The molecular weight excluding hydrogens is 472 g/mol. The Morgan fingerprint density at radius 2 is 1.53 bits per heavy atom. The van der Waals surface area contributed by atoms with Crippen LogP contribution in [0, 0.1) is 11.3 Å². The number of nitriles is 1. The van der Waals surface area contributed by atoms with Gasteiger partial charge in [-0.1, -0.05) is 0 Å². The second-order valence-corrected chi connectivity index (χ2v) is 6.43. The molecule has 2 amide bonds. The standard InChI is InChI=1S/C16H11F10N3O3/c1-12(32,6-28-11(31)13(17,18)15(22,23)16(24,25)26)10(30)29-8-3-2-7(5-27)9(4-8)14(19,20)21/h2-4,32H,6H2,1H3,(H,28,31)(H,29,30). The molecule has 0 aliphatic carbocycles. The summed E-state index contributed by atoms with van der Waals surface area (Å²) < 4.78 is 127. The molecule has 0 heterocycles. The fraction of sp³-hybridized carbons (Fsp3) is 0.438. The van der Waals surface area contributed by atoms with Gasteiger partial charge in [0.05, 0.1) is 23.7 Å². The first-order chi connectivity index (χ1) is 14.2. The third kappa shape index (κ3) is 5.39. The minimum absolute atomic E-state index is 0.281. The molecule has 0 bridgehead atoms. The van der Waals surface area contributed by atoms with Crippen molar-refractivity contribution >= 4 is 17.5 Å². The summed E-state index contributed by atoms with van der Waals surface area (Å²) in [7, 11) is 0. The Kier molecular flexibility index (Phi) is 7.11. The Bertz CT molecular complexity index is 933. The molecule has 0 spiro atoms. The number of amides is 2. The summed E-state index contributed by atoms with van der Waals surface area (Å²) >= 11 is 0. The van der Waals surface area contributed by atoms with Crippen molar-refractivity contribution in [1.82, 2.24) is 5.32 Å². The Hall–Kier alpha value is -3.09. The Balaban J connectivity index is 2.99. The number of nitrogens with one attached hydrogen (secondary N) is 2. The molecular formula is C16H11F10N3O3. The van der Waals surface area contributed by atoms with E-state index in [-0.39, 0.29) is 6.07 Å². The number of nitrogens with zero attached hydrogens (tertiary/aromatic N) is 1. The van der Waals surface area contributed by atoms with E-state index in [1.807, 2.05) is 0 Å². The van der Waals surface area contributed by atoms with Crippen molar-refractivity contribution in [2.24, 2.45) is 0 Å². The number of rotatable bonds is 6. The number of carbonyl (C=O) groups excluding carboxylic acids is 2. The predicted molar refractivity (Wildman–Crippen MR) is 84.4 cm³/mol. The lowest BCUT2D eigenvalue weighted by atomic mass is 10.0. The molecule has 0 fully saturated rings. The number of hydrogen-bond donors (Lipinski definition) is 3. The molecule has 1 atom stereocenters. The van der Waals surface area contributed by atoms with E-state index >= 15 is 0 Å². The second-order valence-electron chi connectivity index (χ2n) is 6.43. The van der Waals surface area contributed by atoms with Crippen LogP contribution < -0.4 is 10.6 Å². The third-order valence-corrected chi connectivity index (χ3v) is 3.82. The van der Waals surface area contributed by atoms with E-state index in [4.69, 9.17) is 5.26 Å². The van der Waals surface area contributed by atoms with E-state index in [2.05, 4.69) is 0 Å². The molecule has 0 aliphatic heterocycles. The highest BCUT2D eigenvalue weighted by Crippen LogP contribution is 2.46. The summed E-state index contributed by atoms with van der Waals surface area (Å²) in [6, 6.07) is 2.96. The third-order valence-electron chi connectivity index (χ3n) is 3.82. The Morgan fingerprint density at radius 1 is 1.00 bits per heavy atom. The number of halogens is 10. The first-order valence-corrected chi connectivity index (χ1v) is 7.94. The zero-order valence-electron chi connectivity index (χ0n) is 15.4. The van der Waals surface area contributed by atoms with Crippen LogP contribution in [0.1, 0.15) is 18.1 Å². The van der Waals surface area contributed by atoms with Gasteiger partial charge in [-0.2, -0.15) is 49.2 Å². The van der Waals surface area contributed by atoms with Gasteiger partial charge in [0.25, 0.3) is 11.8 Å². The lowest BCUT2D eigenvalue weighted by Gasteiger charge is -2.28. The highest BCUT2D eigenvalue weighted by molar-refractivity contribution is 5.97. The minimum atomic E-state index is -6.81. The van der Waals surface area contributed by atoms with Gasteiger partial charge in [0, 0.05) is 5.69 Å². The normalized spacial score (nSPS) is 14.8. The fourth-order valence-corrected chi connectivity index (χ4v) is 1.98. The van der Waals surface area contributed by atoms with Crippen molar-refractivity contribution in [3.8, 4) is 6.07 Å². The molecule has 0 aromatic heterocycles. The zero-order valence-corrected chi connectivity index (χ0v) is 15.4. The number of alkyl halides is 10. The van der Waals surface area contributed by atoms with Gasteiger partial charge in [-0.05, 0) is 25.1 Å². The van der Waals surface area contributed by atoms with E-state index in [1.165, 1.54) is 6.07 Å². The molecule has 0 saturated heterocycles. The number of anilines is 1. The van der Waals surface area contributed by atoms with E-state index in [0.717, 1.165) is 11.4 Å². The molecule has 1 unspecified atom stereocenters. The van der Waals surface area contributed by atoms with Crippen molar-refractivity contribution in [2.75, 3.05) is 11.9 Å². The average Bonchev–Trinajstić information content (AvgIpc) is 2.64. The van der Waals surface area contributed by atoms with Gasteiger partial charge < -0.3 is 15.7 Å². The molecule has 3 N–H and O–H groups in total. The monoisotopic (exact) mass is 483 g/mol. The van der Waals surface area contributed by atoms with Crippen LogP contribution in [0.2, 0.25) is 0 Å². The first-order valence-electron chi connectivity index (χ1n) is 7.94. The Labute approximate surface area is 171 Å². The maximum Gasteiger partial charge on any atom is 0.460 e. The largest absolute Gasteiger partial charge is 0.460 e. The predicted octanol–water partition coefficient (Wildman–Crippen LogP) is 3.22. The van der Waals surface area contributed by atoms with Crippen LogP contribution in [0.25, 0.3) is 0 Å². The summed E-state index contributed by atoms with van der Waals surface area (Å²) in [6.45, 7) is -1.12. The van der Waals surface area contributed by atoms with E-state index in [1.54, 1.807) is 5.32 Å². The topological polar surface area (TPSA) is 102 Å². The second kappa shape index (κ2) is 8.45. The number of benzene rings is 1. The summed E-state index contributed by atoms with van der Waals surface area (Å²) in [4.78, 5) is 23.2. The van der Waals surface area contributed by atoms with Gasteiger partial charge in [-0.25, -0.2) is 0 Å². The van der Waals surface area contributed by atoms with Crippen molar-refractivity contribution in [3.05, 3.63) is 29.3 Å². The van der Waals surface area contributed by atoms with Crippen LogP contribution in [0.15, 0.2) is 18.2 Å². The molecule has 16 heteroatoms. The van der Waals surface area contributed by atoms with E-state index in [9.17, 15) is 58.6 Å². The van der Waals surface area contributed by atoms with Crippen LogP contribution in [0.4, 0.5) is 49.6 Å². The summed E-state index contributed by atoms with van der Waals surface area (Å²) in [5.74, 6) is -17.9. The summed E-state index contributed by atoms with van der Waals surface area (Å²) in [5.41, 5.74) is -5.92. The molecule has 0 radical (unpaired) electrons. The van der Waals surface area contributed by atoms with Crippen LogP contribution in [-0.2, 0) is 15.8 Å². The van der Waals surface area contributed by atoms with Crippen molar-refractivity contribution in [2.45, 2.75) is 36.7 Å². The van der Waals surface area contributed by atoms with Crippen molar-refractivity contribution in [3.63, 3.8) is 0 Å². The molecule has 178 valence electrons. The number of carbonyl (C=O) groups is 2. The summed E-state index contributed by atoms with van der Waals surface area (Å²) in [6.07, 6.45) is -11.8. The van der Waals surface area contributed by atoms with Crippen LogP contribution in [0.3, 0.4) is 0 Å². The van der Waals surface area contributed by atoms with Crippen LogP contribution in [-0.4, -0.2) is 47.1 Å². The highest BCUT2D eigenvalue weighted by atomic mass is 19.4. The van der Waals surface area contributed by atoms with Gasteiger partial charge in [0.1, 0.15) is 0 Å². The Morgan fingerprint density at radius 3 is 1.97 bits per heavy atom. The first kappa shape index (κ1) is 26.9. The van der Waals surface area contributed by atoms with Crippen molar-refractivity contribution in [1.29, 1.82) is 5.26 Å². The zero-order chi connectivity index (χ0) is 25.3. The van der Waals surface area contributed by atoms with Gasteiger partial charge in [0.15, 0.2) is 5.60 Å². The van der Waals surface area contributed by atoms with Crippen LogP contribution >= 0.6 is 0 Å². The number of aliphatic hydroxyl groups is 1.